The van der Waals surface area contributed by atoms with Crippen molar-refractivity contribution in [1.29, 1.82) is 0 Å². The number of nitrogens with zero attached hydrogens (tertiary/aromatic N) is 1. The van der Waals surface area contributed by atoms with Crippen molar-refractivity contribution in [2.24, 2.45) is 0 Å². The molecular weight excluding hydrogens is 321 g/mol. The van der Waals surface area contributed by atoms with E-state index < -0.39 is 5.97 Å². The Balaban J connectivity index is 2.30. The molecule has 0 aliphatic carbocycles. The molecule has 0 atom stereocenters. The molecule has 1 heterocycles. The molecule has 0 saturated carbocycles. The predicted octanol–water partition coefficient (Wildman–Crippen LogP) is 3.99. The molecule has 0 bridgehead atoms. The molecule has 0 aliphatic heterocycles. The van der Waals surface area contributed by atoms with Crippen LogP contribution in [0.3, 0.4) is 0 Å². The van der Waals surface area contributed by atoms with E-state index in [1.54, 1.807) is 12.1 Å². The minimum atomic E-state index is -1.09. The molecule has 2 rings (SSSR count). The molecule has 0 unspecified atom stereocenters. The first-order chi connectivity index (χ1) is 8.58. The Labute approximate surface area is 116 Å². The molecule has 4 nitrogen and oxygen atoms in total. The number of benzene rings is 1. The lowest BCUT2D eigenvalue weighted by Gasteiger charge is -2.08. The molecule has 92 valence electrons. The van der Waals surface area contributed by atoms with Crippen molar-refractivity contribution in [2.45, 2.75) is 0 Å². The van der Waals surface area contributed by atoms with Gasteiger partial charge in [-0.1, -0.05) is 23.7 Å². The summed E-state index contributed by atoms with van der Waals surface area (Å²) in [5, 5.41) is 8.93. The molecule has 0 amide bonds. The van der Waals surface area contributed by atoms with Gasteiger partial charge in [0.25, 0.3) is 0 Å². The van der Waals surface area contributed by atoms with Crippen LogP contribution in [0.15, 0.2) is 41.0 Å². The normalized spacial score (nSPS) is 10.1. The fourth-order valence-corrected chi connectivity index (χ4v) is 1.82. The monoisotopic (exact) mass is 327 g/mol. The summed E-state index contributed by atoms with van der Waals surface area (Å²) in [5.41, 5.74) is 0.0134. The summed E-state index contributed by atoms with van der Waals surface area (Å²) < 4.78 is 6.25. The van der Waals surface area contributed by atoms with Gasteiger partial charge in [0.05, 0.1) is 10.0 Å². The van der Waals surface area contributed by atoms with Crippen LogP contribution in [0.25, 0.3) is 0 Å². The van der Waals surface area contributed by atoms with Crippen LogP contribution in [-0.4, -0.2) is 16.1 Å². The first-order valence-corrected chi connectivity index (χ1v) is 6.06. The maximum atomic E-state index is 10.7. The number of hydrogen-bond donors (Lipinski definition) is 1. The zero-order valence-electron chi connectivity index (χ0n) is 8.93. The Kier molecular flexibility index (Phi) is 3.84. The highest BCUT2D eigenvalue weighted by atomic mass is 79.9. The number of hydrogen-bond acceptors (Lipinski definition) is 3. The van der Waals surface area contributed by atoms with Crippen LogP contribution >= 0.6 is 27.5 Å². The van der Waals surface area contributed by atoms with Gasteiger partial charge in [0.1, 0.15) is 10.8 Å². The van der Waals surface area contributed by atoms with Crippen LogP contribution in [0.1, 0.15) is 10.4 Å². The number of aromatic nitrogens is 1. The molecule has 0 radical (unpaired) electrons. The molecule has 1 N–H and O–H groups in total. The van der Waals surface area contributed by atoms with E-state index in [9.17, 15) is 4.79 Å². The van der Waals surface area contributed by atoms with E-state index in [4.69, 9.17) is 21.4 Å². The van der Waals surface area contributed by atoms with E-state index in [1.165, 1.54) is 12.3 Å². The van der Waals surface area contributed by atoms with E-state index in [1.807, 2.05) is 12.1 Å². The second-order valence-corrected chi connectivity index (χ2v) is 4.61. The van der Waals surface area contributed by atoms with E-state index in [2.05, 4.69) is 20.9 Å². The summed E-state index contributed by atoms with van der Waals surface area (Å²) in [6.07, 6.45) is 1.19. The number of carboxylic acids is 1. The molecule has 6 heteroatoms. The van der Waals surface area contributed by atoms with Gasteiger partial charge < -0.3 is 9.84 Å². The number of halogens is 2. The van der Waals surface area contributed by atoms with Crippen molar-refractivity contribution in [1.82, 2.24) is 4.98 Å². The third-order valence-electron chi connectivity index (χ3n) is 2.10. The summed E-state index contributed by atoms with van der Waals surface area (Å²) in [7, 11) is 0. The Bertz CT molecular complexity index is 604. The van der Waals surface area contributed by atoms with Gasteiger partial charge in [0.15, 0.2) is 0 Å². The van der Waals surface area contributed by atoms with Crippen molar-refractivity contribution in [2.75, 3.05) is 0 Å². The molecule has 18 heavy (non-hydrogen) atoms. The van der Waals surface area contributed by atoms with Crippen LogP contribution in [0.5, 0.6) is 11.6 Å². The molecule has 0 saturated heterocycles. The summed E-state index contributed by atoms with van der Waals surface area (Å²) in [6.45, 7) is 0. The van der Waals surface area contributed by atoms with E-state index in [0.29, 0.717) is 5.75 Å². The van der Waals surface area contributed by atoms with Crippen LogP contribution < -0.4 is 4.74 Å². The number of ether oxygens (including phenoxy) is 1. The van der Waals surface area contributed by atoms with Gasteiger partial charge >= 0.3 is 5.97 Å². The Morgan fingerprint density at radius 2 is 2.11 bits per heavy atom. The highest BCUT2D eigenvalue weighted by Gasteiger charge is 2.11. The average molecular weight is 329 g/mol. The predicted molar refractivity (Wildman–Crippen MR) is 70.4 cm³/mol. The number of carbonyl (C=O) groups is 1. The number of pyridine rings is 1. The lowest BCUT2D eigenvalue weighted by atomic mass is 10.3. The summed E-state index contributed by atoms with van der Waals surface area (Å²) in [4.78, 5) is 14.6. The lowest BCUT2D eigenvalue weighted by Crippen LogP contribution is -1.98. The zero-order valence-corrected chi connectivity index (χ0v) is 11.3. The average Bonchev–Trinajstić information content (AvgIpc) is 2.34. The Morgan fingerprint density at radius 3 is 2.72 bits per heavy atom. The van der Waals surface area contributed by atoms with Crippen LogP contribution in [-0.2, 0) is 0 Å². The Hall–Kier alpha value is -1.59. The maximum absolute atomic E-state index is 10.7. The first-order valence-electron chi connectivity index (χ1n) is 4.89. The maximum Gasteiger partial charge on any atom is 0.337 e. The van der Waals surface area contributed by atoms with Gasteiger partial charge in [0.2, 0.25) is 5.88 Å². The van der Waals surface area contributed by atoms with Crippen LogP contribution in [0.2, 0.25) is 5.02 Å². The van der Waals surface area contributed by atoms with Crippen LogP contribution in [0, 0.1) is 0 Å². The van der Waals surface area contributed by atoms with Crippen LogP contribution in [0.4, 0.5) is 0 Å². The highest BCUT2D eigenvalue weighted by molar-refractivity contribution is 9.10. The summed E-state index contributed by atoms with van der Waals surface area (Å²) in [6, 6.07) is 8.50. The molecule has 0 aliphatic rings. The summed E-state index contributed by atoms with van der Waals surface area (Å²) in [5.74, 6) is -0.375. The standard InChI is InChI=1S/C12H7BrClNO3/c13-8-3-1-2-4-10(8)18-11-9(14)5-7(6-15-11)12(16)17/h1-6H,(H,16,17). The van der Waals surface area contributed by atoms with E-state index >= 15 is 0 Å². The van der Waals surface area contributed by atoms with Gasteiger partial charge in [-0.15, -0.1) is 0 Å². The molecule has 2 aromatic rings. The third-order valence-corrected chi connectivity index (χ3v) is 3.02. The van der Waals surface area contributed by atoms with Crippen molar-refractivity contribution in [3.05, 3.63) is 51.6 Å². The number of aromatic carboxylic acids is 1. The van der Waals surface area contributed by atoms with Crippen molar-refractivity contribution < 1.29 is 14.6 Å². The largest absolute Gasteiger partial charge is 0.478 e. The smallest absolute Gasteiger partial charge is 0.337 e. The van der Waals surface area contributed by atoms with Gasteiger partial charge in [-0.3, -0.25) is 0 Å². The van der Waals surface area contributed by atoms with E-state index in [-0.39, 0.29) is 16.5 Å². The zero-order chi connectivity index (χ0) is 13.1. The molecule has 1 aromatic carbocycles. The minimum Gasteiger partial charge on any atom is -0.478 e. The van der Waals surface area contributed by atoms with Crippen molar-refractivity contribution >= 4 is 33.5 Å². The number of rotatable bonds is 3. The fourth-order valence-electron chi connectivity index (χ4n) is 1.25. The molecule has 1 aromatic heterocycles. The van der Waals surface area contributed by atoms with Gasteiger partial charge in [-0.05, 0) is 34.1 Å². The van der Waals surface area contributed by atoms with Gasteiger partial charge in [0, 0.05) is 6.20 Å². The fraction of sp³-hybridized carbons (Fsp3) is 0. The highest BCUT2D eigenvalue weighted by Crippen LogP contribution is 2.32. The summed E-state index contributed by atoms with van der Waals surface area (Å²) >= 11 is 9.24. The molecule has 0 spiro atoms. The number of para-hydroxylation sites is 1. The quantitative estimate of drug-likeness (QED) is 0.925. The molecular formula is C12H7BrClNO3. The Morgan fingerprint density at radius 1 is 1.39 bits per heavy atom. The van der Waals surface area contributed by atoms with Gasteiger partial charge in [-0.2, -0.15) is 0 Å². The lowest BCUT2D eigenvalue weighted by molar-refractivity contribution is 0.0696. The second-order valence-electron chi connectivity index (χ2n) is 3.35. The third kappa shape index (κ3) is 2.80. The van der Waals surface area contributed by atoms with Crippen molar-refractivity contribution in [3.8, 4) is 11.6 Å². The minimum absolute atomic E-state index is 0.0134. The first kappa shape index (κ1) is 12.9. The second kappa shape index (κ2) is 5.37. The van der Waals surface area contributed by atoms with Crippen molar-refractivity contribution in [3.63, 3.8) is 0 Å². The molecule has 0 fully saturated rings. The topological polar surface area (TPSA) is 59.4 Å². The SMILES string of the molecule is O=C(O)c1cnc(Oc2ccccc2Br)c(Cl)c1. The number of carboxylic acid groups (broad SMARTS) is 1. The van der Waals surface area contributed by atoms with Gasteiger partial charge in [-0.25, -0.2) is 9.78 Å². The van der Waals surface area contributed by atoms with E-state index in [0.717, 1.165) is 4.47 Å².